The SMILES string of the molecule is CC1CC(C)(C)c2c(NC(=O)c3cccnc3Cl)cccc21. The zero-order valence-corrected chi connectivity index (χ0v) is 13.7. The monoisotopic (exact) mass is 314 g/mol. The van der Waals surface area contributed by atoms with E-state index in [4.69, 9.17) is 11.6 Å². The molecule has 1 aliphatic rings. The van der Waals surface area contributed by atoms with E-state index in [0.717, 1.165) is 12.1 Å². The molecule has 0 spiro atoms. The molecule has 3 rings (SSSR count). The Hall–Kier alpha value is -1.87. The third-order valence-corrected chi connectivity index (χ3v) is 4.67. The largest absolute Gasteiger partial charge is 0.322 e. The van der Waals surface area contributed by atoms with Gasteiger partial charge in [-0.15, -0.1) is 0 Å². The lowest BCUT2D eigenvalue weighted by Gasteiger charge is -2.22. The average molecular weight is 315 g/mol. The van der Waals surface area contributed by atoms with Gasteiger partial charge in [-0.3, -0.25) is 4.79 Å². The van der Waals surface area contributed by atoms with Crippen molar-refractivity contribution >= 4 is 23.2 Å². The van der Waals surface area contributed by atoms with E-state index in [2.05, 4.69) is 37.1 Å². The molecule has 4 heteroatoms. The van der Waals surface area contributed by atoms with Crippen LogP contribution in [0.2, 0.25) is 5.15 Å². The summed E-state index contributed by atoms with van der Waals surface area (Å²) in [6.45, 7) is 6.68. The van der Waals surface area contributed by atoms with Crippen molar-refractivity contribution in [3.63, 3.8) is 0 Å². The van der Waals surface area contributed by atoms with Crippen molar-refractivity contribution in [2.45, 2.75) is 38.5 Å². The molecule has 0 aliphatic heterocycles. The number of nitrogens with one attached hydrogen (secondary N) is 1. The number of carbonyl (C=O) groups excluding carboxylic acids is 1. The summed E-state index contributed by atoms with van der Waals surface area (Å²) in [4.78, 5) is 16.5. The first-order valence-corrected chi connectivity index (χ1v) is 7.83. The predicted octanol–water partition coefficient (Wildman–Crippen LogP) is 4.77. The number of fused-ring (bicyclic) bond motifs is 1. The minimum absolute atomic E-state index is 0.0529. The summed E-state index contributed by atoms with van der Waals surface area (Å²) in [7, 11) is 0. The molecular formula is C18H19ClN2O. The number of halogens is 1. The second-order valence-electron chi connectivity index (χ2n) is 6.55. The molecule has 2 aromatic rings. The van der Waals surface area contributed by atoms with Crippen LogP contribution in [-0.2, 0) is 5.41 Å². The molecule has 114 valence electrons. The van der Waals surface area contributed by atoms with Crippen LogP contribution in [0.25, 0.3) is 0 Å². The van der Waals surface area contributed by atoms with E-state index in [-0.39, 0.29) is 16.5 Å². The van der Waals surface area contributed by atoms with Crippen LogP contribution < -0.4 is 5.32 Å². The first kappa shape index (κ1) is 15.0. The number of nitrogens with zero attached hydrogens (tertiary/aromatic N) is 1. The normalized spacial score (nSPS) is 18.8. The summed E-state index contributed by atoms with van der Waals surface area (Å²) < 4.78 is 0. The van der Waals surface area contributed by atoms with Gasteiger partial charge in [0.2, 0.25) is 0 Å². The van der Waals surface area contributed by atoms with Gasteiger partial charge in [0.15, 0.2) is 0 Å². The van der Waals surface area contributed by atoms with Crippen molar-refractivity contribution in [2.24, 2.45) is 0 Å². The summed E-state index contributed by atoms with van der Waals surface area (Å²) in [6.07, 6.45) is 2.66. The first-order valence-electron chi connectivity index (χ1n) is 7.45. The van der Waals surface area contributed by atoms with Crippen LogP contribution in [0.3, 0.4) is 0 Å². The van der Waals surface area contributed by atoms with Gasteiger partial charge in [-0.25, -0.2) is 4.98 Å². The van der Waals surface area contributed by atoms with Gasteiger partial charge in [-0.2, -0.15) is 0 Å². The van der Waals surface area contributed by atoms with Crippen molar-refractivity contribution in [3.8, 4) is 0 Å². The van der Waals surface area contributed by atoms with E-state index < -0.39 is 0 Å². The lowest BCUT2D eigenvalue weighted by Crippen LogP contribution is -2.19. The Morgan fingerprint density at radius 3 is 2.82 bits per heavy atom. The van der Waals surface area contributed by atoms with Crippen LogP contribution in [0.1, 0.15) is 54.6 Å². The number of aromatic nitrogens is 1. The smallest absolute Gasteiger partial charge is 0.258 e. The van der Waals surface area contributed by atoms with Gasteiger partial charge in [-0.1, -0.05) is 44.5 Å². The number of hydrogen-bond acceptors (Lipinski definition) is 2. The molecule has 0 fully saturated rings. The molecule has 1 heterocycles. The summed E-state index contributed by atoms with van der Waals surface area (Å²) in [5.74, 6) is 0.283. The standard InChI is InChI=1S/C18H19ClN2O/c1-11-10-18(2,3)15-12(11)6-4-8-14(15)21-17(22)13-7-5-9-20-16(13)19/h4-9,11H,10H2,1-3H3,(H,21,22). The fraction of sp³-hybridized carbons (Fsp3) is 0.333. The molecule has 1 aliphatic carbocycles. The van der Waals surface area contributed by atoms with Crippen LogP contribution >= 0.6 is 11.6 Å². The molecule has 0 saturated heterocycles. The highest BCUT2D eigenvalue weighted by Gasteiger charge is 2.36. The summed E-state index contributed by atoms with van der Waals surface area (Å²) in [6, 6.07) is 9.50. The van der Waals surface area contributed by atoms with E-state index in [0.29, 0.717) is 11.5 Å². The molecule has 1 aromatic carbocycles. The molecule has 1 aromatic heterocycles. The van der Waals surface area contributed by atoms with Crippen LogP contribution in [0.15, 0.2) is 36.5 Å². The van der Waals surface area contributed by atoms with E-state index in [1.54, 1.807) is 18.3 Å². The van der Waals surface area contributed by atoms with Gasteiger partial charge in [0.25, 0.3) is 5.91 Å². The Morgan fingerprint density at radius 1 is 1.32 bits per heavy atom. The van der Waals surface area contributed by atoms with E-state index in [9.17, 15) is 4.79 Å². The third-order valence-electron chi connectivity index (χ3n) is 4.37. The number of amides is 1. The number of anilines is 1. The number of benzene rings is 1. The van der Waals surface area contributed by atoms with Gasteiger partial charge in [0, 0.05) is 11.9 Å². The molecule has 0 bridgehead atoms. The van der Waals surface area contributed by atoms with Crippen molar-refractivity contribution in [2.75, 3.05) is 5.32 Å². The highest BCUT2D eigenvalue weighted by Crippen LogP contribution is 2.48. The maximum atomic E-state index is 12.5. The lowest BCUT2D eigenvalue weighted by molar-refractivity contribution is 0.102. The van der Waals surface area contributed by atoms with Crippen LogP contribution in [0, 0.1) is 0 Å². The molecule has 1 N–H and O–H groups in total. The zero-order valence-electron chi connectivity index (χ0n) is 13.0. The highest BCUT2D eigenvalue weighted by atomic mass is 35.5. The quantitative estimate of drug-likeness (QED) is 0.811. The number of hydrogen-bond donors (Lipinski definition) is 1. The fourth-order valence-corrected chi connectivity index (χ4v) is 3.77. The Kier molecular flexibility index (Phi) is 3.69. The number of rotatable bonds is 2. The Balaban J connectivity index is 1.98. The van der Waals surface area contributed by atoms with Crippen LogP contribution in [0.4, 0.5) is 5.69 Å². The first-order chi connectivity index (χ1) is 10.4. The molecule has 1 amide bonds. The molecular weight excluding hydrogens is 296 g/mol. The van der Waals surface area contributed by atoms with E-state index in [1.165, 1.54) is 11.1 Å². The molecule has 0 radical (unpaired) electrons. The minimum atomic E-state index is -0.221. The molecule has 1 unspecified atom stereocenters. The van der Waals surface area contributed by atoms with Gasteiger partial charge >= 0.3 is 0 Å². The lowest BCUT2D eigenvalue weighted by atomic mass is 9.85. The molecule has 0 saturated carbocycles. The maximum Gasteiger partial charge on any atom is 0.258 e. The summed E-state index contributed by atoms with van der Waals surface area (Å²) in [5, 5.41) is 3.23. The molecule has 1 atom stereocenters. The average Bonchev–Trinajstić information content (AvgIpc) is 2.70. The van der Waals surface area contributed by atoms with Crippen molar-refractivity contribution in [1.82, 2.24) is 4.98 Å². The number of pyridine rings is 1. The highest BCUT2D eigenvalue weighted by molar-refractivity contribution is 6.33. The zero-order chi connectivity index (χ0) is 15.9. The van der Waals surface area contributed by atoms with E-state index in [1.807, 2.05) is 12.1 Å². The second-order valence-corrected chi connectivity index (χ2v) is 6.91. The third kappa shape index (κ3) is 2.50. The van der Waals surface area contributed by atoms with Gasteiger partial charge in [0.1, 0.15) is 5.15 Å². The Labute approximate surface area is 135 Å². The topological polar surface area (TPSA) is 42.0 Å². The number of carbonyl (C=O) groups is 1. The Morgan fingerprint density at radius 2 is 2.09 bits per heavy atom. The van der Waals surface area contributed by atoms with Gasteiger partial charge in [0.05, 0.1) is 5.56 Å². The van der Waals surface area contributed by atoms with Gasteiger partial charge < -0.3 is 5.32 Å². The van der Waals surface area contributed by atoms with Crippen molar-refractivity contribution in [1.29, 1.82) is 0 Å². The second kappa shape index (κ2) is 5.40. The fourth-order valence-electron chi connectivity index (χ4n) is 3.56. The van der Waals surface area contributed by atoms with E-state index >= 15 is 0 Å². The maximum absolute atomic E-state index is 12.5. The molecule has 22 heavy (non-hydrogen) atoms. The van der Waals surface area contributed by atoms with Crippen LogP contribution in [0.5, 0.6) is 0 Å². The predicted molar refractivity (Wildman–Crippen MR) is 89.7 cm³/mol. The summed E-state index contributed by atoms with van der Waals surface area (Å²) >= 11 is 6.01. The van der Waals surface area contributed by atoms with Crippen LogP contribution in [-0.4, -0.2) is 10.9 Å². The molecule has 3 nitrogen and oxygen atoms in total. The Bertz CT molecular complexity index is 740. The van der Waals surface area contributed by atoms with Gasteiger partial charge in [-0.05, 0) is 47.1 Å². The summed E-state index contributed by atoms with van der Waals surface area (Å²) in [5.41, 5.74) is 3.87. The minimum Gasteiger partial charge on any atom is -0.322 e. The van der Waals surface area contributed by atoms with Crippen molar-refractivity contribution in [3.05, 3.63) is 58.4 Å². The van der Waals surface area contributed by atoms with Crippen molar-refractivity contribution < 1.29 is 4.79 Å².